The zero-order valence-corrected chi connectivity index (χ0v) is 18.2. The van der Waals surface area contributed by atoms with Gasteiger partial charge >= 0.3 is 0 Å². The van der Waals surface area contributed by atoms with Crippen molar-refractivity contribution in [1.82, 2.24) is 10.1 Å². The second-order valence-electron chi connectivity index (χ2n) is 8.24. The summed E-state index contributed by atoms with van der Waals surface area (Å²) in [4.78, 5) is 31.8. The number of nitrogens with zero attached hydrogens (tertiary/aromatic N) is 3. The first kappa shape index (κ1) is 19.9. The summed E-state index contributed by atoms with van der Waals surface area (Å²) in [6, 6.07) is 7.78. The maximum absolute atomic E-state index is 13.0. The van der Waals surface area contributed by atoms with Gasteiger partial charge in [0.1, 0.15) is 0 Å². The second-order valence-corrected chi connectivity index (χ2v) is 9.10. The molecular weight excluding hydrogens is 412 g/mol. The predicted molar refractivity (Wildman–Crippen MR) is 119 cm³/mol. The summed E-state index contributed by atoms with van der Waals surface area (Å²) in [5.41, 5.74) is 4.67. The van der Waals surface area contributed by atoms with E-state index in [2.05, 4.69) is 21.5 Å². The van der Waals surface area contributed by atoms with Crippen molar-refractivity contribution in [2.75, 3.05) is 16.8 Å². The fourth-order valence-electron chi connectivity index (χ4n) is 4.47. The lowest BCUT2D eigenvalue weighted by atomic mass is 9.96. The standard InChI is InChI=1S/C23H24N4O3S/c1-14-11-20(30-26-14)21(28)25-23-24-18(13-31-23)16-8-9-19-17(12-16)7-4-10-27(19)22(29)15-5-2-3-6-15/h8-9,11-13,15H,2-7,10H2,1H3,(H,24,25,28). The van der Waals surface area contributed by atoms with E-state index in [4.69, 9.17) is 4.52 Å². The third-order valence-electron chi connectivity index (χ3n) is 6.04. The Kier molecular flexibility index (Phi) is 5.31. The summed E-state index contributed by atoms with van der Waals surface area (Å²) in [6.45, 7) is 2.57. The van der Waals surface area contributed by atoms with Crippen LogP contribution in [0.5, 0.6) is 0 Å². The van der Waals surface area contributed by atoms with Gasteiger partial charge in [0, 0.05) is 35.2 Å². The Balaban J connectivity index is 1.34. The smallest absolute Gasteiger partial charge is 0.296 e. The van der Waals surface area contributed by atoms with E-state index >= 15 is 0 Å². The first-order chi connectivity index (χ1) is 15.1. The van der Waals surface area contributed by atoms with Crippen molar-refractivity contribution in [2.45, 2.75) is 45.4 Å². The molecule has 0 atom stereocenters. The molecule has 7 nitrogen and oxygen atoms in total. The summed E-state index contributed by atoms with van der Waals surface area (Å²) in [7, 11) is 0. The highest BCUT2D eigenvalue weighted by atomic mass is 32.1. The SMILES string of the molecule is Cc1cc(C(=O)Nc2nc(-c3ccc4c(c3)CCCN4C(=O)C3CCCC3)cs2)on1. The highest BCUT2D eigenvalue weighted by molar-refractivity contribution is 7.14. The minimum absolute atomic E-state index is 0.162. The van der Waals surface area contributed by atoms with Crippen LogP contribution in [0.4, 0.5) is 10.8 Å². The lowest BCUT2D eigenvalue weighted by Crippen LogP contribution is -2.39. The molecule has 3 heterocycles. The zero-order valence-electron chi connectivity index (χ0n) is 17.4. The van der Waals surface area contributed by atoms with Gasteiger partial charge in [-0.3, -0.25) is 14.9 Å². The number of aromatic nitrogens is 2. The van der Waals surface area contributed by atoms with E-state index in [0.717, 1.165) is 62.0 Å². The fourth-order valence-corrected chi connectivity index (χ4v) is 5.19. The lowest BCUT2D eigenvalue weighted by Gasteiger charge is -2.31. The molecule has 2 aliphatic rings. The zero-order chi connectivity index (χ0) is 21.4. The van der Waals surface area contributed by atoms with Gasteiger partial charge in [0.2, 0.25) is 11.7 Å². The molecule has 0 saturated heterocycles. The largest absolute Gasteiger partial charge is 0.351 e. The van der Waals surface area contributed by atoms with Crippen LogP contribution in [-0.4, -0.2) is 28.5 Å². The molecule has 0 radical (unpaired) electrons. The number of anilines is 2. The number of carbonyl (C=O) groups excluding carboxylic acids is 2. The molecule has 2 amide bonds. The predicted octanol–water partition coefficient (Wildman–Crippen LogP) is 4.83. The number of hydrogen-bond donors (Lipinski definition) is 1. The molecular formula is C23H24N4O3S. The van der Waals surface area contributed by atoms with E-state index in [0.29, 0.717) is 10.8 Å². The van der Waals surface area contributed by atoms with Gasteiger partial charge in [-0.05, 0) is 50.3 Å². The Morgan fingerprint density at radius 3 is 2.81 bits per heavy atom. The van der Waals surface area contributed by atoms with Gasteiger partial charge in [-0.15, -0.1) is 11.3 Å². The molecule has 1 saturated carbocycles. The number of rotatable bonds is 4. The maximum atomic E-state index is 13.0. The minimum Gasteiger partial charge on any atom is -0.351 e. The second kappa shape index (κ2) is 8.26. The van der Waals surface area contributed by atoms with Crippen molar-refractivity contribution in [3.05, 3.63) is 46.7 Å². The first-order valence-corrected chi connectivity index (χ1v) is 11.6. The molecule has 1 aliphatic carbocycles. The number of nitrogens with one attached hydrogen (secondary N) is 1. The van der Waals surface area contributed by atoms with Gasteiger partial charge in [0.15, 0.2) is 5.13 Å². The molecule has 8 heteroatoms. The van der Waals surface area contributed by atoms with Crippen LogP contribution in [0, 0.1) is 12.8 Å². The maximum Gasteiger partial charge on any atom is 0.296 e. The monoisotopic (exact) mass is 436 g/mol. The number of aryl methyl sites for hydroxylation is 2. The average molecular weight is 437 g/mol. The molecule has 1 N–H and O–H groups in total. The van der Waals surface area contributed by atoms with Crippen molar-refractivity contribution in [3.8, 4) is 11.3 Å². The van der Waals surface area contributed by atoms with Crippen molar-refractivity contribution < 1.29 is 14.1 Å². The Morgan fingerprint density at radius 1 is 1.19 bits per heavy atom. The highest BCUT2D eigenvalue weighted by Crippen LogP contribution is 2.35. The van der Waals surface area contributed by atoms with E-state index in [9.17, 15) is 9.59 Å². The van der Waals surface area contributed by atoms with E-state index in [1.165, 1.54) is 16.9 Å². The number of carbonyl (C=O) groups is 2. The van der Waals surface area contributed by atoms with Crippen LogP contribution in [0.3, 0.4) is 0 Å². The van der Waals surface area contributed by atoms with Crippen LogP contribution in [0.25, 0.3) is 11.3 Å². The molecule has 160 valence electrons. The number of hydrogen-bond acceptors (Lipinski definition) is 6. The van der Waals surface area contributed by atoms with Crippen LogP contribution in [0.15, 0.2) is 34.2 Å². The number of fused-ring (bicyclic) bond motifs is 1. The molecule has 1 aliphatic heterocycles. The topological polar surface area (TPSA) is 88.3 Å². The quantitative estimate of drug-likeness (QED) is 0.633. The fraction of sp³-hybridized carbons (Fsp3) is 0.391. The van der Waals surface area contributed by atoms with Crippen molar-refractivity contribution in [2.24, 2.45) is 5.92 Å². The molecule has 2 aromatic heterocycles. The Morgan fingerprint density at radius 2 is 2.03 bits per heavy atom. The van der Waals surface area contributed by atoms with Crippen LogP contribution >= 0.6 is 11.3 Å². The van der Waals surface area contributed by atoms with Crippen LogP contribution in [0.2, 0.25) is 0 Å². The summed E-state index contributed by atoms with van der Waals surface area (Å²) < 4.78 is 5.00. The van der Waals surface area contributed by atoms with E-state index in [-0.39, 0.29) is 23.5 Å². The molecule has 0 spiro atoms. The Bertz CT molecular complexity index is 1130. The summed E-state index contributed by atoms with van der Waals surface area (Å²) in [5.74, 6) is 0.263. The highest BCUT2D eigenvalue weighted by Gasteiger charge is 2.30. The Labute approximate surface area is 184 Å². The van der Waals surface area contributed by atoms with Crippen molar-refractivity contribution in [3.63, 3.8) is 0 Å². The minimum atomic E-state index is -0.368. The summed E-state index contributed by atoms with van der Waals surface area (Å²) in [5, 5.41) is 8.92. The molecule has 3 aromatic rings. The third-order valence-corrected chi connectivity index (χ3v) is 6.80. The van der Waals surface area contributed by atoms with Crippen LogP contribution in [-0.2, 0) is 11.2 Å². The Hall–Kier alpha value is -3.00. The van der Waals surface area contributed by atoms with Gasteiger partial charge in [-0.25, -0.2) is 4.98 Å². The average Bonchev–Trinajstić information content (AvgIpc) is 3.54. The number of thiazole rings is 1. The molecule has 5 rings (SSSR count). The van der Waals surface area contributed by atoms with Gasteiger partial charge in [0.05, 0.1) is 11.4 Å². The third kappa shape index (κ3) is 3.99. The van der Waals surface area contributed by atoms with Gasteiger partial charge in [-0.1, -0.05) is 24.1 Å². The normalized spacial score (nSPS) is 16.4. The molecule has 1 fully saturated rings. The van der Waals surface area contributed by atoms with Gasteiger partial charge < -0.3 is 9.42 Å². The van der Waals surface area contributed by atoms with E-state index in [1.807, 2.05) is 22.4 Å². The van der Waals surface area contributed by atoms with Gasteiger partial charge in [-0.2, -0.15) is 0 Å². The molecule has 0 unspecified atom stereocenters. The van der Waals surface area contributed by atoms with Crippen molar-refractivity contribution >= 4 is 34.0 Å². The van der Waals surface area contributed by atoms with E-state index < -0.39 is 0 Å². The van der Waals surface area contributed by atoms with Crippen LogP contribution < -0.4 is 10.2 Å². The van der Waals surface area contributed by atoms with Gasteiger partial charge in [0.25, 0.3) is 5.91 Å². The lowest BCUT2D eigenvalue weighted by molar-refractivity contribution is -0.122. The van der Waals surface area contributed by atoms with Crippen LogP contribution in [0.1, 0.15) is 53.9 Å². The van der Waals surface area contributed by atoms with E-state index in [1.54, 1.807) is 13.0 Å². The van der Waals surface area contributed by atoms with Crippen molar-refractivity contribution in [1.29, 1.82) is 0 Å². The number of benzene rings is 1. The summed E-state index contributed by atoms with van der Waals surface area (Å²) >= 11 is 1.36. The molecule has 31 heavy (non-hydrogen) atoms. The molecule has 1 aromatic carbocycles. The first-order valence-electron chi connectivity index (χ1n) is 10.7. The number of amides is 2. The molecule has 0 bridgehead atoms. The summed E-state index contributed by atoms with van der Waals surface area (Å²) in [6.07, 6.45) is 6.29.